The summed E-state index contributed by atoms with van der Waals surface area (Å²) in [5.41, 5.74) is 3.90. The van der Waals surface area contributed by atoms with E-state index in [9.17, 15) is 9.18 Å². The van der Waals surface area contributed by atoms with Crippen LogP contribution < -0.4 is 10.2 Å². The van der Waals surface area contributed by atoms with Crippen LogP contribution in [0, 0.1) is 5.82 Å². The van der Waals surface area contributed by atoms with E-state index in [1.165, 1.54) is 12.1 Å². The number of anilines is 1. The zero-order chi connectivity index (χ0) is 18.8. The van der Waals surface area contributed by atoms with Crippen molar-refractivity contribution in [1.29, 1.82) is 0 Å². The maximum atomic E-state index is 13.4. The summed E-state index contributed by atoms with van der Waals surface area (Å²) >= 11 is 0. The second-order valence-electron chi connectivity index (χ2n) is 6.86. The second kappa shape index (κ2) is 7.44. The average molecular weight is 367 g/mol. The lowest BCUT2D eigenvalue weighted by molar-refractivity contribution is -0.118. The molecule has 140 valence electrons. The van der Waals surface area contributed by atoms with E-state index in [4.69, 9.17) is 0 Å². The number of dihydropyridines is 1. The third kappa shape index (κ3) is 3.55. The average Bonchev–Trinajstić information content (AvgIpc) is 3.14. The van der Waals surface area contributed by atoms with E-state index < -0.39 is 0 Å². The molecule has 0 saturated carbocycles. The van der Waals surface area contributed by atoms with Crippen LogP contribution in [0.4, 0.5) is 10.2 Å². The van der Waals surface area contributed by atoms with E-state index in [0.29, 0.717) is 6.54 Å². The van der Waals surface area contributed by atoms with Gasteiger partial charge in [0.25, 0.3) is 0 Å². The number of hydrogen-bond acceptors (Lipinski definition) is 5. The van der Waals surface area contributed by atoms with Gasteiger partial charge in [-0.15, -0.1) is 0 Å². The molecule has 2 aliphatic rings. The van der Waals surface area contributed by atoms with Gasteiger partial charge >= 0.3 is 0 Å². The number of aromatic nitrogens is 2. The molecule has 0 spiro atoms. The van der Waals surface area contributed by atoms with E-state index in [1.807, 2.05) is 12.3 Å². The molecule has 7 heteroatoms. The topological polar surface area (TPSA) is 73.4 Å². The van der Waals surface area contributed by atoms with E-state index in [0.717, 1.165) is 54.3 Å². The molecule has 27 heavy (non-hydrogen) atoms. The molecule has 4 rings (SSSR count). The van der Waals surface area contributed by atoms with Crippen molar-refractivity contribution >= 4 is 23.4 Å². The summed E-state index contributed by atoms with van der Waals surface area (Å²) in [6.45, 7) is 4.42. The second-order valence-corrected chi connectivity index (χ2v) is 6.86. The molecular formula is C20H22FN5O. The van der Waals surface area contributed by atoms with Gasteiger partial charge in [0, 0.05) is 43.5 Å². The molecular weight excluding hydrogens is 345 g/mol. The lowest BCUT2D eigenvalue weighted by Crippen LogP contribution is -2.54. The molecule has 2 N–H and O–H groups in total. The number of carbonyl (C=O) groups excluding carboxylic acids is 1. The molecule has 0 amide bonds. The van der Waals surface area contributed by atoms with Crippen LogP contribution in [-0.2, 0) is 4.79 Å². The van der Waals surface area contributed by atoms with E-state index in [2.05, 4.69) is 25.4 Å². The molecule has 3 heterocycles. The van der Waals surface area contributed by atoms with Crippen molar-refractivity contribution in [3.8, 4) is 11.3 Å². The third-order valence-electron chi connectivity index (χ3n) is 5.06. The van der Waals surface area contributed by atoms with Crippen LogP contribution in [0.15, 0.2) is 35.3 Å². The quantitative estimate of drug-likeness (QED) is 0.871. The fourth-order valence-corrected chi connectivity index (χ4v) is 3.60. The molecule has 0 radical (unpaired) electrons. The minimum atomic E-state index is -0.268. The summed E-state index contributed by atoms with van der Waals surface area (Å²) in [5, 5.41) is 11.0. The van der Waals surface area contributed by atoms with E-state index in [1.54, 1.807) is 19.1 Å². The molecule has 1 aromatic carbocycles. The monoisotopic (exact) mass is 367 g/mol. The number of ketones is 1. The van der Waals surface area contributed by atoms with Crippen LogP contribution in [0.5, 0.6) is 0 Å². The van der Waals surface area contributed by atoms with Crippen molar-refractivity contribution in [2.45, 2.75) is 19.4 Å². The van der Waals surface area contributed by atoms with E-state index >= 15 is 0 Å². The summed E-state index contributed by atoms with van der Waals surface area (Å²) in [4.78, 5) is 18.3. The number of benzene rings is 1. The summed E-state index contributed by atoms with van der Waals surface area (Å²) < 4.78 is 13.4. The van der Waals surface area contributed by atoms with Crippen LogP contribution in [-0.4, -0.2) is 54.4 Å². The number of aromatic amines is 1. The molecule has 0 bridgehead atoms. The van der Waals surface area contributed by atoms with Gasteiger partial charge in [-0.3, -0.25) is 14.9 Å². The predicted molar refractivity (Wildman–Crippen MR) is 105 cm³/mol. The Morgan fingerprint density at radius 2 is 2.11 bits per heavy atom. The lowest BCUT2D eigenvalue weighted by Gasteiger charge is -2.33. The Morgan fingerprint density at radius 3 is 2.81 bits per heavy atom. The number of nitrogens with zero attached hydrogens (tertiary/aromatic N) is 3. The van der Waals surface area contributed by atoms with Crippen molar-refractivity contribution in [2.24, 2.45) is 4.99 Å². The fraction of sp³-hybridized carbons (Fsp3) is 0.350. The first-order valence-corrected chi connectivity index (χ1v) is 9.16. The van der Waals surface area contributed by atoms with Crippen molar-refractivity contribution in [3.63, 3.8) is 0 Å². The lowest BCUT2D eigenvalue weighted by atomic mass is 9.96. The van der Waals surface area contributed by atoms with Gasteiger partial charge in [0.05, 0.1) is 11.7 Å². The highest BCUT2D eigenvalue weighted by molar-refractivity contribution is 5.94. The Labute approximate surface area is 157 Å². The van der Waals surface area contributed by atoms with Gasteiger partial charge in [0.15, 0.2) is 5.82 Å². The predicted octanol–water partition coefficient (Wildman–Crippen LogP) is 2.44. The molecule has 1 aromatic heterocycles. The molecule has 0 aliphatic carbocycles. The number of H-pyrrole nitrogens is 1. The van der Waals surface area contributed by atoms with Crippen LogP contribution in [0.3, 0.4) is 0 Å². The number of hydrogen-bond donors (Lipinski definition) is 2. The Kier molecular flexibility index (Phi) is 4.85. The van der Waals surface area contributed by atoms with Crippen molar-refractivity contribution < 1.29 is 9.18 Å². The first kappa shape index (κ1) is 17.6. The Bertz CT molecular complexity index is 900. The highest BCUT2D eigenvalue weighted by atomic mass is 19.1. The van der Waals surface area contributed by atoms with Crippen molar-refractivity contribution in [2.75, 3.05) is 31.1 Å². The summed E-state index contributed by atoms with van der Waals surface area (Å²) in [7, 11) is 0. The highest BCUT2D eigenvalue weighted by Crippen LogP contribution is 2.37. The van der Waals surface area contributed by atoms with Gasteiger partial charge in [-0.2, -0.15) is 5.10 Å². The van der Waals surface area contributed by atoms with Gasteiger partial charge in [0.1, 0.15) is 11.6 Å². The molecule has 1 saturated heterocycles. The van der Waals surface area contributed by atoms with Crippen LogP contribution in [0.2, 0.25) is 0 Å². The Morgan fingerprint density at radius 1 is 1.30 bits per heavy atom. The minimum absolute atomic E-state index is 0.125. The van der Waals surface area contributed by atoms with Crippen LogP contribution >= 0.6 is 0 Å². The zero-order valence-electron chi connectivity index (χ0n) is 15.2. The van der Waals surface area contributed by atoms with Crippen LogP contribution in [0.1, 0.15) is 18.9 Å². The Hall–Kier alpha value is -2.80. The number of piperazine rings is 1. The van der Waals surface area contributed by atoms with Gasteiger partial charge < -0.3 is 10.2 Å². The molecule has 2 aromatic rings. The molecule has 1 fully saturated rings. The number of nitrogens with one attached hydrogen (secondary N) is 2. The number of carbonyl (C=O) groups is 1. The smallest absolute Gasteiger partial charge is 0.158 e. The molecule has 1 unspecified atom stereocenters. The van der Waals surface area contributed by atoms with Gasteiger partial charge in [0.2, 0.25) is 0 Å². The summed E-state index contributed by atoms with van der Waals surface area (Å²) in [5.74, 6) is 0.693. The van der Waals surface area contributed by atoms with E-state index in [-0.39, 0.29) is 17.6 Å². The number of rotatable bonds is 4. The maximum absolute atomic E-state index is 13.4. The first-order chi connectivity index (χ1) is 13.1. The van der Waals surface area contributed by atoms with Gasteiger partial charge in [-0.1, -0.05) is 0 Å². The number of aliphatic imine (C=N–C) groups is 1. The van der Waals surface area contributed by atoms with Crippen molar-refractivity contribution in [1.82, 2.24) is 15.5 Å². The SMILES string of the molecule is CC(=O)C1CN(c2n[nH]c(-c3ccc(F)cc3)c2C2=CC=NCC2)CCN1. The third-order valence-corrected chi connectivity index (χ3v) is 5.06. The van der Waals surface area contributed by atoms with Crippen molar-refractivity contribution in [3.05, 3.63) is 41.7 Å². The first-order valence-electron chi connectivity index (χ1n) is 9.16. The maximum Gasteiger partial charge on any atom is 0.158 e. The fourth-order valence-electron chi connectivity index (χ4n) is 3.60. The van der Waals surface area contributed by atoms with Gasteiger partial charge in [-0.25, -0.2) is 4.39 Å². The standard InChI is InChI=1S/C20H22FN5O/c1-13(27)17-12-26(11-10-23-17)20-18(14-6-8-22-9-7-14)19(24-25-20)15-2-4-16(21)5-3-15/h2-6,8,17,23H,7,9-12H2,1H3,(H,24,25). The zero-order valence-corrected chi connectivity index (χ0v) is 15.2. The summed E-state index contributed by atoms with van der Waals surface area (Å²) in [6.07, 6.45) is 4.65. The van der Waals surface area contributed by atoms with Crippen LogP contribution in [0.25, 0.3) is 16.8 Å². The molecule has 2 aliphatic heterocycles. The normalized spacial score (nSPS) is 19.9. The number of halogens is 1. The number of Topliss-reactive ketones (excluding diaryl/α,β-unsaturated/α-hetero) is 1. The van der Waals surface area contributed by atoms with Gasteiger partial charge in [-0.05, 0) is 49.3 Å². The highest BCUT2D eigenvalue weighted by Gasteiger charge is 2.28. The Balaban J connectivity index is 1.77. The minimum Gasteiger partial charge on any atom is -0.351 e. The molecule has 1 atom stereocenters. The largest absolute Gasteiger partial charge is 0.351 e. The number of allylic oxidation sites excluding steroid dienone is 1. The summed E-state index contributed by atoms with van der Waals surface area (Å²) in [6, 6.07) is 6.22. The molecule has 6 nitrogen and oxygen atoms in total.